The maximum Gasteiger partial charge on any atom is 0.416 e. The summed E-state index contributed by atoms with van der Waals surface area (Å²) in [6.45, 7) is 3.65. The van der Waals surface area contributed by atoms with Crippen LogP contribution in [0.5, 0.6) is 0 Å². The lowest BCUT2D eigenvalue weighted by atomic mass is 9.95. The minimum absolute atomic E-state index is 0.0745. The molecule has 0 fully saturated rings. The summed E-state index contributed by atoms with van der Waals surface area (Å²) >= 11 is 0. The number of alkyl halides is 3. The zero-order chi connectivity index (χ0) is 27.1. The molecule has 2 rings (SSSR count). The highest BCUT2D eigenvalue weighted by molar-refractivity contribution is 7.89. The topological polar surface area (TPSA) is 107 Å². The predicted molar refractivity (Wildman–Crippen MR) is 130 cm³/mol. The van der Waals surface area contributed by atoms with Gasteiger partial charge in [0.05, 0.1) is 23.0 Å². The molecule has 0 amide bonds. The van der Waals surface area contributed by atoms with Gasteiger partial charge < -0.3 is 15.5 Å². The largest absolute Gasteiger partial charge is 0.481 e. The molecule has 0 aliphatic heterocycles. The molecule has 2 aromatic rings. The number of carbonyl (C=O) groups is 1. The van der Waals surface area contributed by atoms with Gasteiger partial charge >= 0.3 is 12.1 Å². The normalized spacial score (nSPS) is 13.7. The number of hydrogen-bond acceptors (Lipinski definition) is 5. The van der Waals surface area contributed by atoms with Gasteiger partial charge in [-0.3, -0.25) is 4.79 Å². The van der Waals surface area contributed by atoms with Gasteiger partial charge in [-0.1, -0.05) is 30.3 Å². The quantitative estimate of drug-likeness (QED) is 0.365. The summed E-state index contributed by atoms with van der Waals surface area (Å²) in [5.74, 6) is -1.39. The Morgan fingerprint density at radius 3 is 2.31 bits per heavy atom. The summed E-state index contributed by atoms with van der Waals surface area (Å²) in [4.78, 5) is 10.3. The third kappa shape index (κ3) is 9.20. The van der Waals surface area contributed by atoms with E-state index in [0.717, 1.165) is 36.7 Å². The number of sulfonamides is 1. The van der Waals surface area contributed by atoms with E-state index in [1.165, 1.54) is 5.56 Å². The molecule has 3 N–H and O–H groups in total. The Bertz CT molecular complexity index is 1120. The number of hydrogen-bond donors (Lipinski definition) is 3. The van der Waals surface area contributed by atoms with Gasteiger partial charge in [-0.15, -0.1) is 0 Å². The van der Waals surface area contributed by atoms with Crippen molar-refractivity contribution in [3.63, 3.8) is 0 Å². The van der Waals surface area contributed by atoms with E-state index in [0.29, 0.717) is 12.1 Å². The number of β-amino-alcohol motifs (C(OH)–C–C–N with tert-alkyl or cyclic N) is 1. The first-order chi connectivity index (χ1) is 16.6. The molecule has 2 aromatic carbocycles. The third-order valence-electron chi connectivity index (χ3n) is 5.75. The van der Waals surface area contributed by atoms with E-state index < -0.39 is 45.2 Å². The van der Waals surface area contributed by atoms with E-state index in [9.17, 15) is 31.5 Å². The van der Waals surface area contributed by atoms with Crippen LogP contribution in [0.4, 0.5) is 13.2 Å². The molecule has 0 heterocycles. The smallest absolute Gasteiger partial charge is 0.416 e. The Morgan fingerprint density at radius 1 is 1.08 bits per heavy atom. The number of nitrogens with one attached hydrogen (secondary N) is 1. The number of benzene rings is 2. The van der Waals surface area contributed by atoms with Crippen molar-refractivity contribution in [2.24, 2.45) is 0 Å². The molecule has 0 bridgehead atoms. The molecule has 0 spiro atoms. The van der Waals surface area contributed by atoms with Gasteiger partial charge in [0, 0.05) is 25.7 Å². The van der Waals surface area contributed by atoms with Crippen molar-refractivity contribution in [1.82, 2.24) is 9.62 Å². The van der Waals surface area contributed by atoms with Crippen LogP contribution >= 0.6 is 0 Å². The lowest BCUT2D eigenvalue weighted by molar-refractivity contribution is -0.139. The number of aliphatic hydroxyl groups is 1. The van der Waals surface area contributed by atoms with Crippen molar-refractivity contribution in [1.29, 1.82) is 0 Å². The van der Waals surface area contributed by atoms with Crippen LogP contribution in [0.15, 0.2) is 53.4 Å². The molecule has 1 atom stereocenters. The number of likely N-dealkylation sites (N-methyl/N-ethyl adjacent to an activating group) is 1. The highest BCUT2D eigenvalue weighted by Gasteiger charge is 2.34. The fraction of sp³-hybridized carbons (Fsp3) is 0.480. The summed E-state index contributed by atoms with van der Waals surface area (Å²) in [5.41, 5.74) is -0.655. The van der Waals surface area contributed by atoms with Crippen LogP contribution in [0.25, 0.3) is 0 Å². The Labute approximate surface area is 210 Å². The average Bonchev–Trinajstić information content (AvgIpc) is 2.77. The van der Waals surface area contributed by atoms with Crippen molar-refractivity contribution in [3.8, 4) is 0 Å². The standard InChI is InChI=1S/C25H33F3N2O5S/c1-24(2,11-7-10-18-8-5-4-6-9-18)29-16-21(31)17-30(3)36(34,35)22-13-19(14-23(32)33)12-20(15-22)25(26,27)28/h4-6,8-9,12-13,15,21,29,31H,7,10-11,14,16-17H2,1-3H3,(H,32,33). The molecule has 0 aliphatic rings. The van der Waals surface area contributed by atoms with Crippen LogP contribution < -0.4 is 5.32 Å². The number of carboxylic acids is 1. The van der Waals surface area contributed by atoms with Gasteiger partial charge in [0.1, 0.15) is 0 Å². The summed E-state index contributed by atoms with van der Waals surface area (Å²) < 4.78 is 66.5. The second kappa shape index (κ2) is 12.2. The molecule has 200 valence electrons. The number of aliphatic carboxylic acids is 1. The molecule has 36 heavy (non-hydrogen) atoms. The highest BCUT2D eigenvalue weighted by Crippen LogP contribution is 2.32. The van der Waals surface area contributed by atoms with Gasteiger partial charge in [-0.05, 0) is 62.4 Å². The molecular weight excluding hydrogens is 497 g/mol. The molecule has 7 nitrogen and oxygen atoms in total. The number of aliphatic hydroxyl groups excluding tert-OH is 1. The van der Waals surface area contributed by atoms with Crippen LogP contribution in [-0.2, 0) is 33.8 Å². The van der Waals surface area contributed by atoms with Crippen LogP contribution in [0.1, 0.15) is 43.4 Å². The number of nitrogens with zero attached hydrogens (tertiary/aromatic N) is 1. The average molecular weight is 531 g/mol. The molecule has 0 saturated carbocycles. The molecule has 1 unspecified atom stereocenters. The fourth-order valence-corrected chi connectivity index (χ4v) is 5.06. The first kappa shape index (κ1) is 29.8. The molecule has 0 aliphatic carbocycles. The first-order valence-corrected chi connectivity index (χ1v) is 12.9. The SMILES string of the molecule is CN(CC(O)CNC(C)(C)CCCc1ccccc1)S(=O)(=O)c1cc(CC(=O)O)cc(C(F)(F)F)c1. The molecule has 0 aromatic heterocycles. The minimum atomic E-state index is -4.85. The van der Waals surface area contributed by atoms with Crippen molar-refractivity contribution in [2.75, 3.05) is 20.1 Å². The van der Waals surface area contributed by atoms with Crippen LogP contribution in [-0.4, -0.2) is 60.7 Å². The molecular formula is C25H33F3N2O5S. The van der Waals surface area contributed by atoms with E-state index in [4.69, 9.17) is 5.11 Å². The van der Waals surface area contributed by atoms with Crippen LogP contribution in [0, 0.1) is 0 Å². The Balaban J connectivity index is 2.01. The number of rotatable bonds is 13. The fourth-order valence-electron chi connectivity index (χ4n) is 3.75. The van der Waals surface area contributed by atoms with E-state index in [-0.39, 0.29) is 24.2 Å². The van der Waals surface area contributed by atoms with E-state index in [1.54, 1.807) is 0 Å². The summed E-state index contributed by atoms with van der Waals surface area (Å²) in [6, 6.07) is 12.0. The lowest BCUT2D eigenvalue weighted by Crippen LogP contribution is -2.46. The highest BCUT2D eigenvalue weighted by atomic mass is 32.2. The van der Waals surface area contributed by atoms with E-state index in [1.807, 2.05) is 32.0 Å². The maximum absolute atomic E-state index is 13.3. The zero-order valence-electron chi connectivity index (χ0n) is 20.5. The second-order valence-electron chi connectivity index (χ2n) is 9.48. The lowest BCUT2D eigenvalue weighted by Gasteiger charge is -2.29. The van der Waals surface area contributed by atoms with Crippen molar-refractivity contribution >= 4 is 16.0 Å². The van der Waals surface area contributed by atoms with Crippen molar-refractivity contribution in [3.05, 3.63) is 65.2 Å². The van der Waals surface area contributed by atoms with Gasteiger partial charge in [-0.25, -0.2) is 8.42 Å². The number of aryl methyl sites for hydroxylation is 1. The molecule has 0 saturated heterocycles. The summed E-state index contributed by atoms with van der Waals surface area (Å²) in [6.07, 6.45) is -4.13. The molecule has 0 radical (unpaired) electrons. The Kier molecular flexibility index (Phi) is 10.1. The zero-order valence-corrected chi connectivity index (χ0v) is 21.4. The maximum atomic E-state index is 13.3. The van der Waals surface area contributed by atoms with Gasteiger partial charge in [-0.2, -0.15) is 17.5 Å². The van der Waals surface area contributed by atoms with Gasteiger partial charge in [0.2, 0.25) is 10.0 Å². The van der Waals surface area contributed by atoms with Crippen LogP contribution in [0.2, 0.25) is 0 Å². The number of halogens is 3. The predicted octanol–water partition coefficient (Wildman–Crippen LogP) is 3.71. The van der Waals surface area contributed by atoms with Gasteiger partial charge in [0.15, 0.2) is 0 Å². The third-order valence-corrected chi connectivity index (χ3v) is 7.55. The second-order valence-corrected chi connectivity index (χ2v) is 11.5. The molecule has 11 heteroatoms. The summed E-state index contributed by atoms with van der Waals surface area (Å²) in [7, 11) is -3.27. The van der Waals surface area contributed by atoms with Crippen LogP contribution in [0.3, 0.4) is 0 Å². The first-order valence-electron chi connectivity index (χ1n) is 11.5. The monoisotopic (exact) mass is 530 g/mol. The van der Waals surface area contributed by atoms with Crippen molar-refractivity contribution in [2.45, 2.75) is 62.2 Å². The Morgan fingerprint density at radius 2 is 1.72 bits per heavy atom. The Hall–Kier alpha value is -2.47. The minimum Gasteiger partial charge on any atom is -0.481 e. The van der Waals surface area contributed by atoms with E-state index >= 15 is 0 Å². The van der Waals surface area contributed by atoms with Crippen molar-refractivity contribution < 1.29 is 36.6 Å². The van der Waals surface area contributed by atoms with E-state index in [2.05, 4.69) is 17.4 Å². The van der Waals surface area contributed by atoms with Gasteiger partial charge in [0.25, 0.3) is 0 Å². The summed E-state index contributed by atoms with van der Waals surface area (Å²) in [5, 5.41) is 22.6. The number of carboxylic acid groups (broad SMARTS) is 1.